The predicted molar refractivity (Wildman–Crippen MR) is 82.0 cm³/mol. The lowest BCUT2D eigenvalue weighted by molar-refractivity contribution is -0.135. The summed E-state index contributed by atoms with van der Waals surface area (Å²) in [5.74, 6) is 0.0316. The third kappa shape index (κ3) is 4.00. The predicted octanol–water partition coefficient (Wildman–Crippen LogP) is 5.42. The lowest BCUT2D eigenvalue weighted by atomic mass is 10.2. The van der Waals surface area contributed by atoms with Gasteiger partial charge in [0.2, 0.25) is 0 Å². The first kappa shape index (κ1) is 16.8. The van der Waals surface area contributed by atoms with E-state index in [0.717, 1.165) is 0 Å². The van der Waals surface area contributed by atoms with Crippen LogP contribution in [0, 0.1) is 9.39 Å². The van der Waals surface area contributed by atoms with Gasteiger partial charge in [-0.1, -0.05) is 0 Å². The largest absolute Gasteiger partial charge is 0.389 e. The van der Waals surface area contributed by atoms with E-state index >= 15 is 0 Å². The minimum absolute atomic E-state index is 0.0980. The van der Waals surface area contributed by atoms with E-state index in [-0.39, 0.29) is 13.0 Å². The van der Waals surface area contributed by atoms with Crippen LogP contribution in [0.15, 0.2) is 12.1 Å². The molecule has 0 saturated carbocycles. The maximum absolute atomic E-state index is 13.7. The van der Waals surface area contributed by atoms with Gasteiger partial charge in [0.1, 0.15) is 11.6 Å². The van der Waals surface area contributed by atoms with Crippen LogP contribution in [0.2, 0.25) is 0 Å². The van der Waals surface area contributed by atoms with Gasteiger partial charge < -0.3 is 4.57 Å². The highest BCUT2D eigenvalue weighted by Gasteiger charge is 2.26. The Kier molecular flexibility index (Phi) is 5.02. The van der Waals surface area contributed by atoms with Crippen LogP contribution in [0.25, 0.3) is 11.0 Å². The summed E-state index contributed by atoms with van der Waals surface area (Å²) in [6, 6.07) is 2.86. The van der Waals surface area contributed by atoms with Crippen LogP contribution in [0.5, 0.6) is 0 Å². The van der Waals surface area contributed by atoms with Crippen molar-refractivity contribution < 1.29 is 17.6 Å². The van der Waals surface area contributed by atoms with Gasteiger partial charge in [-0.3, -0.25) is 0 Å². The Morgan fingerprint density at radius 2 is 2.05 bits per heavy atom. The number of hydrogen-bond donors (Lipinski definition) is 0. The number of nitrogens with zero attached hydrogens (tertiary/aromatic N) is 2. The maximum atomic E-state index is 13.7. The molecule has 1 heterocycles. The topological polar surface area (TPSA) is 17.8 Å². The summed E-state index contributed by atoms with van der Waals surface area (Å²) in [6.07, 6.45) is -5.20. The number of rotatable bonds is 4. The van der Waals surface area contributed by atoms with Crippen molar-refractivity contribution in [1.82, 2.24) is 9.55 Å². The summed E-state index contributed by atoms with van der Waals surface area (Å²) in [6.45, 7) is 1.78. The van der Waals surface area contributed by atoms with Gasteiger partial charge in [0, 0.05) is 19.0 Å². The van der Waals surface area contributed by atoms with E-state index in [1.807, 2.05) is 22.6 Å². The molecule has 0 spiro atoms. The molecule has 2 rings (SSSR count). The normalized spacial score (nSPS) is 13.9. The third-order valence-corrected chi connectivity index (χ3v) is 4.04. The van der Waals surface area contributed by atoms with E-state index in [9.17, 15) is 17.6 Å². The monoisotopic (exact) mass is 434 g/mol. The third-order valence-electron chi connectivity index (χ3n) is 3.02. The number of aryl methyl sites for hydroxylation is 1. The molecule has 1 atom stereocenters. The number of alkyl halides is 4. The van der Waals surface area contributed by atoms with E-state index in [1.54, 1.807) is 17.6 Å². The standard InChI is InChI=1S/C13H12ClF4IN2/c1-7(14)12-20-10-6-9(19)8(15)5-11(10)21(12)4-2-3-13(16,17)18/h5-7H,2-4H2,1H3. The highest BCUT2D eigenvalue weighted by Crippen LogP contribution is 2.29. The zero-order valence-corrected chi connectivity index (χ0v) is 13.9. The van der Waals surface area contributed by atoms with E-state index in [1.165, 1.54) is 6.07 Å². The summed E-state index contributed by atoms with van der Waals surface area (Å²) < 4.78 is 52.5. The van der Waals surface area contributed by atoms with Crippen LogP contribution in [-0.2, 0) is 6.54 Å². The van der Waals surface area contributed by atoms with Crippen molar-refractivity contribution in [2.45, 2.75) is 37.9 Å². The van der Waals surface area contributed by atoms with Crippen LogP contribution in [0.1, 0.15) is 31.0 Å². The molecule has 0 aliphatic carbocycles. The molecule has 2 aromatic rings. The van der Waals surface area contributed by atoms with Crippen molar-refractivity contribution in [3.8, 4) is 0 Å². The number of aromatic nitrogens is 2. The van der Waals surface area contributed by atoms with Crippen molar-refractivity contribution >= 4 is 45.2 Å². The van der Waals surface area contributed by atoms with Crippen molar-refractivity contribution in [2.75, 3.05) is 0 Å². The SMILES string of the molecule is CC(Cl)c1nc2cc(I)c(F)cc2n1CCCC(F)(F)F. The first-order chi connectivity index (χ1) is 9.69. The molecule has 0 amide bonds. The minimum atomic E-state index is -4.20. The molecule has 1 aromatic heterocycles. The molecule has 8 heteroatoms. The van der Waals surface area contributed by atoms with E-state index in [4.69, 9.17) is 11.6 Å². The van der Waals surface area contributed by atoms with Gasteiger partial charge in [0.05, 0.1) is 20.0 Å². The summed E-state index contributed by atoms with van der Waals surface area (Å²) in [7, 11) is 0. The molecule has 1 unspecified atom stereocenters. The van der Waals surface area contributed by atoms with Gasteiger partial charge in [-0.2, -0.15) is 13.2 Å². The summed E-state index contributed by atoms with van der Waals surface area (Å²) in [5.41, 5.74) is 1.01. The fraction of sp³-hybridized carbons (Fsp3) is 0.462. The van der Waals surface area contributed by atoms with Gasteiger partial charge in [-0.25, -0.2) is 9.37 Å². The number of benzene rings is 1. The second-order valence-corrected chi connectivity index (χ2v) is 6.53. The van der Waals surface area contributed by atoms with Crippen LogP contribution < -0.4 is 0 Å². The Morgan fingerprint density at radius 1 is 1.38 bits per heavy atom. The Bertz CT molecular complexity index is 652. The fourth-order valence-corrected chi connectivity index (χ4v) is 2.73. The number of hydrogen-bond acceptors (Lipinski definition) is 1. The summed E-state index contributed by atoms with van der Waals surface area (Å²) >= 11 is 7.87. The Labute approximate surface area is 137 Å². The van der Waals surface area contributed by atoms with E-state index in [0.29, 0.717) is 20.4 Å². The first-order valence-electron chi connectivity index (χ1n) is 6.25. The fourth-order valence-electron chi connectivity index (χ4n) is 2.12. The molecule has 0 aliphatic rings. The number of fused-ring (bicyclic) bond motifs is 1. The zero-order chi connectivity index (χ0) is 15.8. The molecular formula is C13H12ClF4IN2. The molecule has 0 fully saturated rings. The molecule has 1 aromatic carbocycles. The average Bonchev–Trinajstić information content (AvgIpc) is 2.67. The van der Waals surface area contributed by atoms with Crippen LogP contribution >= 0.6 is 34.2 Å². The Morgan fingerprint density at radius 3 is 2.62 bits per heavy atom. The highest BCUT2D eigenvalue weighted by atomic mass is 127. The van der Waals surface area contributed by atoms with Gasteiger partial charge in [-0.05, 0) is 42.0 Å². The number of halogens is 6. The molecule has 0 bridgehead atoms. The van der Waals surface area contributed by atoms with Crippen molar-refractivity contribution in [3.63, 3.8) is 0 Å². The van der Waals surface area contributed by atoms with Crippen LogP contribution in [-0.4, -0.2) is 15.7 Å². The molecule has 21 heavy (non-hydrogen) atoms. The minimum Gasteiger partial charge on any atom is -0.327 e. The van der Waals surface area contributed by atoms with Crippen LogP contribution in [0.4, 0.5) is 17.6 Å². The second kappa shape index (κ2) is 6.28. The molecule has 116 valence electrons. The van der Waals surface area contributed by atoms with E-state index < -0.39 is 23.8 Å². The summed E-state index contributed by atoms with van der Waals surface area (Å²) in [4.78, 5) is 4.31. The Hall–Kier alpha value is -0.570. The van der Waals surface area contributed by atoms with Gasteiger partial charge >= 0.3 is 6.18 Å². The maximum Gasteiger partial charge on any atom is 0.389 e. The first-order valence-corrected chi connectivity index (χ1v) is 7.76. The second-order valence-electron chi connectivity index (χ2n) is 4.71. The lowest BCUT2D eigenvalue weighted by Crippen LogP contribution is -2.11. The molecule has 0 saturated heterocycles. The average molecular weight is 435 g/mol. The Balaban J connectivity index is 2.39. The molecule has 0 N–H and O–H groups in total. The van der Waals surface area contributed by atoms with E-state index in [2.05, 4.69) is 4.98 Å². The molecule has 0 radical (unpaired) electrons. The molecular weight excluding hydrogens is 423 g/mol. The smallest absolute Gasteiger partial charge is 0.327 e. The van der Waals surface area contributed by atoms with Gasteiger partial charge in [0.15, 0.2) is 0 Å². The zero-order valence-electron chi connectivity index (χ0n) is 11.0. The quantitative estimate of drug-likeness (QED) is 0.357. The molecule has 0 aliphatic heterocycles. The van der Waals surface area contributed by atoms with Crippen LogP contribution in [0.3, 0.4) is 0 Å². The number of imidazole rings is 1. The molecule has 2 nitrogen and oxygen atoms in total. The lowest BCUT2D eigenvalue weighted by Gasteiger charge is -2.11. The highest BCUT2D eigenvalue weighted by molar-refractivity contribution is 14.1. The van der Waals surface area contributed by atoms with Crippen molar-refractivity contribution in [2.24, 2.45) is 0 Å². The van der Waals surface area contributed by atoms with Crippen molar-refractivity contribution in [3.05, 3.63) is 27.3 Å². The van der Waals surface area contributed by atoms with Crippen molar-refractivity contribution in [1.29, 1.82) is 0 Å². The van der Waals surface area contributed by atoms with Gasteiger partial charge in [-0.15, -0.1) is 11.6 Å². The van der Waals surface area contributed by atoms with Gasteiger partial charge in [0.25, 0.3) is 0 Å². The summed E-state index contributed by atoms with van der Waals surface area (Å²) in [5, 5.41) is -0.469.